The quantitative estimate of drug-likeness (QED) is 0.736. The van der Waals surface area contributed by atoms with E-state index < -0.39 is 0 Å². The highest BCUT2D eigenvalue weighted by atomic mass is 35.5. The lowest BCUT2D eigenvalue weighted by Crippen LogP contribution is -2.22. The number of hydrogen-bond donors (Lipinski definition) is 1. The first-order chi connectivity index (χ1) is 11.0. The standard InChI is InChI=1S/C16H13Cl2N3O2/c1-9-20-14-4-3-11(23-8-19)7-12(14)16(22)21(9)15-5-2-10(17)6-13(15)18/h2-7H,8,19H2,1H3. The first kappa shape index (κ1) is 15.8. The van der Waals surface area contributed by atoms with E-state index in [1.54, 1.807) is 43.3 Å². The number of aromatic nitrogens is 2. The summed E-state index contributed by atoms with van der Waals surface area (Å²) in [6, 6.07) is 10.0. The van der Waals surface area contributed by atoms with Crippen LogP contribution in [-0.4, -0.2) is 16.3 Å². The first-order valence-electron chi connectivity index (χ1n) is 6.83. The van der Waals surface area contributed by atoms with Crippen molar-refractivity contribution in [3.05, 3.63) is 62.6 Å². The average molecular weight is 350 g/mol. The van der Waals surface area contributed by atoms with E-state index in [1.165, 1.54) is 4.57 Å². The molecule has 0 atom stereocenters. The van der Waals surface area contributed by atoms with E-state index >= 15 is 0 Å². The Morgan fingerprint density at radius 3 is 2.70 bits per heavy atom. The van der Waals surface area contributed by atoms with Gasteiger partial charge in [0, 0.05) is 5.02 Å². The van der Waals surface area contributed by atoms with E-state index in [9.17, 15) is 4.79 Å². The third kappa shape index (κ3) is 2.91. The lowest BCUT2D eigenvalue weighted by molar-refractivity contribution is 0.330. The normalized spacial score (nSPS) is 11.0. The van der Waals surface area contributed by atoms with E-state index in [0.29, 0.717) is 38.2 Å². The van der Waals surface area contributed by atoms with Gasteiger partial charge in [-0.25, -0.2) is 4.98 Å². The molecule has 23 heavy (non-hydrogen) atoms. The monoisotopic (exact) mass is 349 g/mol. The fourth-order valence-corrected chi connectivity index (χ4v) is 2.90. The number of aryl methyl sites for hydroxylation is 1. The molecule has 0 bridgehead atoms. The zero-order chi connectivity index (χ0) is 16.6. The topological polar surface area (TPSA) is 70.1 Å². The van der Waals surface area contributed by atoms with Gasteiger partial charge in [0.05, 0.1) is 21.6 Å². The van der Waals surface area contributed by atoms with Crippen LogP contribution in [-0.2, 0) is 0 Å². The Morgan fingerprint density at radius 2 is 2.00 bits per heavy atom. The van der Waals surface area contributed by atoms with Gasteiger partial charge in [-0.05, 0) is 43.3 Å². The van der Waals surface area contributed by atoms with E-state index in [4.69, 9.17) is 33.7 Å². The van der Waals surface area contributed by atoms with Gasteiger partial charge in [-0.3, -0.25) is 15.1 Å². The first-order valence-corrected chi connectivity index (χ1v) is 7.58. The molecule has 2 aromatic carbocycles. The summed E-state index contributed by atoms with van der Waals surface area (Å²) in [5, 5.41) is 1.29. The van der Waals surface area contributed by atoms with Crippen molar-refractivity contribution in [2.75, 3.05) is 6.73 Å². The maximum Gasteiger partial charge on any atom is 0.266 e. The van der Waals surface area contributed by atoms with Crippen LogP contribution in [0.15, 0.2) is 41.2 Å². The van der Waals surface area contributed by atoms with Crippen LogP contribution in [0, 0.1) is 6.92 Å². The second-order valence-electron chi connectivity index (χ2n) is 4.89. The summed E-state index contributed by atoms with van der Waals surface area (Å²) in [7, 11) is 0. The van der Waals surface area contributed by atoms with E-state index in [2.05, 4.69) is 4.98 Å². The molecule has 3 rings (SSSR count). The molecule has 0 spiro atoms. The Hall–Kier alpha value is -2.08. The van der Waals surface area contributed by atoms with Crippen LogP contribution in [0.3, 0.4) is 0 Å². The lowest BCUT2D eigenvalue weighted by atomic mass is 10.2. The molecule has 0 unspecified atom stereocenters. The SMILES string of the molecule is Cc1nc2ccc(OCN)cc2c(=O)n1-c1ccc(Cl)cc1Cl. The average Bonchev–Trinajstić information content (AvgIpc) is 2.50. The van der Waals surface area contributed by atoms with Crippen molar-refractivity contribution in [2.24, 2.45) is 5.73 Å². The van der Waals surface area contributed by atoms with Gasteiger partial charge in [-0.15, -0.1) is 0 Å². The van der Waals surface area contributed by atoms with Gasteiger partial charge in [0.1, 0.15) is 18.3 Å². The smallest absolute Gasteiger partial charge is 0.266 e. The highest BCUT2D eigenvalue weighted by Crippen LogP contribution is 2.25. The predicted octanol–water partition coefficient (Wildman–Crippen LogP) is 3.30. The van der Waals surface area contributed by atoms with E-state index in [0.717, 1.165) is 0 Å². The zero-order valence-electron chi connectivity index (χ0n) is 12.2. The number of nitrogens with two attached hydrogens (primary N) is 1. The molecule has 0 saturated carbocycles. The van der Waals surface area contributed by atoms with Crippen LogP contribution in [0.1, 0.15) is 5.82 Å². The minimum Gasteiger partial charge on any atom is -0.479 e. The van der Waals surface area contributed by atoms with Gasteiger partial charge < -0.3 is 4.74 Å². The van der Waals surface area contributed by atoms with Crippen molar-refractivity contribution in [3.8, 4) is 11.4 Å². The molecule has 0 aliphatic heterocycles. The molecule has 0 aliphatic carbocycles. The number of fused-ring (bicyclic) bond motifs is 1. The molecule has 5 nitrogen and oxygen atoms in total. The number of hydrogen-bond acceptors (Lipinski definition) is 4. The molecule has 1 heterocycles. The van der Waals surface area contributed by atoms with Crippen molar-refractivity contribution < 1.29 is 4.74 Å². The zero-order valence-corrected chi connectivity index (χ0v) is 13.7. The van der Waals surface area contributed by atoms with Crippen LogP contribution in [0.4, 0.5) is 0 Å². The van der Waals surface area contributed by atoms with Crippen molar-refractivity contribution >= 4 is 34.1 Å². The van der Waals surface area contributed by atoms with Gasteiger partial charge in [0.25, 0.3) is 5.56 Å². The molecule has 0 saturated heterocycles. The summed E-state index contributed by atoms with van der Waals surface area (Å²) in [5.74, 6) is 1.04. The molecule has 0 fully saturated rings. The maximum absolute atomic E-state index is 12.9. The lowest BCUT2D eigenvalue weighted by Gasteiger charge is -2.13. The Bertz CT molecular complexity index is 954. The van der Waals surface area contributed by atoms with Crippen LogP contribution in [0.2, 0.25) is 10.0 Å². The number of benzene rings is 2. The molecule has 0 aliphatic rings. The third-order valence-corrected chi connectivity index (χ3v) is 3.95. The van der Waals surface area contributed by atoms with Crippen LogP contribution < -0.4 is 16.0 Å². The largest absolute Gasteiger partial charge is 0.479 e. The third-order valence-electron chi connectivity index (χ3n) is 3.41. The second-order valence-corrected chi connectivity index (χ2v) is 5.73. The molecular weight excluding hydrogens is 337 g/mol. The maximum atomic E-state index is 12.9. The Labute approximate surface area is 142 Å². The molecule has 3 aromatic rings. The number of nitrogens with zero attached hydrogens (tertiary/aromatic N) is 2. The molecule has 0 amide bonds. The number of halogens is 2. The van der Waals surface area contributed by atoms with E-state index in [1.807, 2.05) is 0 Å². The minimum atomic E-state index is -0.237. The van der Waals surface area contributed by atoms with Crippen molar-refractivity contribution in [1.29, 1.82) is 0 Å². The van der Waals surface area contributed by atoms with Gasteiger partial charge in [0.2, 0.25) is 0 Å². The van der Waals surface area contributed by atoms with Gasteiger partial charge >= 0.3 is 0 Å². The molecule has 1 aromatic heterocycles. The Kier molecular flexibility index (Phi) is 4.26. The minimum absolute atomic E-state index is 0.0298. The Morgan fingerprint density at radius 1 is 1.22 bits per heavy atom. The molecule has 0 radical (unpaired) electrons. The summed E-state index contributed by atoms with van der Waals surface area (Å²) in [6.07, 6.45) is 0. The Balaban J connectivity index is 2.30. The summed E-state index contributed by atoms with van der Waals surface area (Å²) in [6.45, 7) is 1.78. The van der Waals surface area contributed by atoms with Gasteiger partial charge in [-0.1, -0.05) is 23.2 Å². The van der Waals surface area contributed by atoms with Crippen molar-refractivity contribution in [2.45, 2.75) is 6.92 Å². The van der Waals surface area contributed by atoms with Crippen LogP contribution >= 0.6 is 23.2 Å². The highest BCUT2D eigenvalue weighted by Gasteiger charge is 2.13. The number of rotatable bonds is 3. The number of ether oxygens (including phenoxy) is 1. The highest BCUT2D eigenvalue weighted by molar-refractivity contribution is 6.35. The summed E-state index contributed by atoms with van der Waals surface area (Å²) in [5.41, 5.74) is 6.24. The van der Waals surface area contributed by atoms with Crippen molar-refractivity contribution in [3.63, 3.8) is 0 Å². The van der Waals surface area contributed by atoms with E-state index in [-0.39, 0.29) is 12.3 Å². The fraction of sp³-hybridized carbons (Fsp3) is 0.125. The summed E-state index contributed by atoms with van der Waals surface area (Å²) >= 11 is 12.1. The fourth-order valence-electron chi connectivity index (χ4n) is 2.41. The molecular formula is C16H13Cl2N3O2. The summed E-state index contributed by atoms with van der Waals surface area (Å²) in [4.78, 5) is 17.4. The van der Waals surface area contributed by atoms with Crippen LogP contribution in [0.25, 0.3) is 16.6 Å². The van der Waals surface area contributed by atoms with Gasteiger partial charge in [0.15, 0.2) is 0 Å². The second kappa shape index (κ2) is 6.20. The summed E-state index contributed by atoms with van der Waals surface area (Å²) < 4.78 is 6.69. The predicted molar refractivity (Wildman–Crippen MR) is 91.8 cm³/mol. The van der Waals surface area contributed by atoms with Crippen molar-refractivity contribution in [1.82, 2.24) is 9.55 Å². The molecule has 7 heteroatoms. The van der Waals surface area contributed by atoms with Crippen LogP contribution in [0.5, 0.6) is 5.75 Å². The van der Waals surface area contributed by atoms with Gasteiger partial charge in [-0.2, -0.15) is 0 Å². The molecule has 2 N–H and O–H groups in total. The molecule has 118 valence electrons.